The normalized spacial score (nSPS) is 23.0. The lowest BCUT2D eigenvalue weighted by atomic mass is 10.0. The maximum absolute atomic E-state index is 12.6. The minimum atomic E-state index is -0.0169. The maximum atomic E-state index is 12.6. The van der Waals surface area contributed by atoms with Crippen LogP contribution in [-0.2, 0) is 0 Å². The fourth-order valence-corrected chi connectivity index (χ4v) is 4.03. The van der Waals surface area contributed by atoms with E-state index in [2.05, 4.69) is 16.7 Å². The van der Waals surface area contributed by atoms with Gasteiger partial charge in [0, 0.05) is 18.2 Å². The van der Waals surface area contributed by atoms with Crippen molar-refractivity contribution in [3.63, 3.8) is 0 Å². The molecular formula is C21H32N2O2. The quantitative estimate of drug-likeness (QED) is 0.533. The van der Waals surface area contributed by atoms with Crippen molar-refractivity contribution in [1.82, 2.24) is 9.80 Å². The smallest absolute Gasteiger partial charge is 0.179 e. The van der Waals surface area contributed by atoms with Gasteiger partial charge in [-0.25, -0.2) is 0 Å². The van der Waals surface area contributed by atoms with Gasteiger partial charge >= 0.3 is 0 Å². The molecule has 1 aromatic carbocycles. The summed E-state index contributed by atoms with van der Waals surface area (Å²) < 4.78 is 5.85. The Hall–Kier alpha value is -1.39. The van der Waals surface area contributed by atoms with E-state index in [9.17, 15) is 4.79 Å². The van der Waals surface area contributed by atoms with Crippen molar-refractivity contribution in [1.29, 1.82) is 0 Å². The van der Waals surface area contributed by atoms with Crippen LogP contribution in [0.2, 0.25) is 0 Å². The topological polar surface area (TPSA) is 32.8 Å². The van der Waals surface area contributed by atoms with Crippen LogP contribution in [0.15, 0.2) is 24.3 Å². The molecule has 0 amide bonds. The molecule has 0 radical (unpaired) electrons. The van der Waals surface area contributed by atoms with E-state index in [0.717, 1.165) is 50.0 Å². The summed E-state index contributed by atoms with van der Waals surface area (Å²) in [6, 6.07) is 8.39. The molecule has 2 saturated heterocycles. The van der Waals surface area contributed by atoms with Gasteiger partial charge in [0.15, 0.2) is 5.78 Å². The standard InChI is InChI=1S/C21H32N2O2/c1-17-7-5-14-22(17)15-6-16-25-20-10-8-19(9-11-20)21(24)18(2)23-12-3-4-13-23/h8-11,17-18H,3-7,12-16H2,1-2H3. The van der Waals surface area contributed by atoms with Gasteiger partial charge in [-0.15, -0.1) is 0 Å². The van der Waals surface area contributed by atoms with E-state index in [1.807, 2.05) is 31.2 Å². The lowest BCUT2D eigenvalue weighted by molar-refractivity contribution is 0.0867. The molecule has 2 fully saturated rings. The van der Waals surface area contributed by atoms with Crippen LogP contribution >= 0.6 is 0 Å². The van der Waals surface area contributed by atoms with Crippen molar-refractivity contribution < 1.29 is 9.53 Å². The molecular weight excluding hydrogens is 312 g/mol. The van der Waals surface area contributed by atoms with Crippen LogP contribution < -0.4 is 4.74 Å². The van der Waals surface area contributed by atoms with Crippen LogP contribution in [0.3, 0.4) is 0 Å². The second-order valence-corrected chi connectivity index (χ2v) is 7.54. The lowest BCUT2D eigenvalue weighted by Crippen LogP contribution is -2.36. The fraction of sp³-hybridized carbons (Fsp3) is 0.667. The Morgan fingerprint density at radius 3 is 2.52 bits per heavy atom. The van der Waals surface area contributed by atoms with Crippen molar-refractivity contribution in [3.8, 4) is 5.75 Å². The van der Waals surface area contributed by atoms with Gasteiger partial charge in [-0.1, -0.05) is 0 Å². The van der Waals surface area contributed by atoms with Gasteiger partial charge in [-0.2, -0.15) is 0 Å². The second-order valence-electron chi connectivity index (χ2n) is 7.54. The average molecular weight is 344 g/mol. The third-order valence-electron chi connectivity index (χ3n) is 5.76. The molecule has 1 aromatic rings. The van der Waals surface area contributed by atoms with Crippen LogP contribution in [-0.4, -0.2) is 60.5 Å². The zero-order valence-corrected chi connectivity index (χ0v) is 15.7. The van der Waals surface area contributed by atoms with E-state index in [1.54, 1.807) is 0 Å². The van der Waals surface area contributed by atoms with Gasteiger partial charge in [0.1, 0.15) is 5.75 Å². The van der Waals surface area contributed by atoms with E-state index in [1.165, 1.54) is 32.2 Å². The molecule has 2 aliphatic heterocycles. The van der Waals surface area contributed by atoms with Gasteiger partial charge in [-0.05, 0) is 89.9 Å². The van der Waals surface area contributed by atoms with E-state index in [0.29, 0.717) is 0 Å². The Bertz CT molecular complexity index is 552. The highest BCUT2D eigenvalue weighted by atomic mass is 16.5. The van der Waals surface area contributed by atoms with Crippen molar-refractivity contribution in [3.05, 3.63) is 29.8 Å². The Labute approximate surface area is 152 Å². The number of Topliss-reactive ketones (excluding diaryl/α,β-unsaturated/α-hetero) is 1. The van der Waals surface area contributed by atoms with Crippen molar-refractivity contribution in [2.75, 3.05) is 32.8 Å². The molecule has 2 aliphatic rings. The predicted molar refractivity (Wildman–Crippen MR) is 101 cm³/mol. The number of carbonyl (C=O) groups excluding carboxylic acids is 1. The number of ketones is 1. The Morgan fingerprint density at radius 2 is 1.88 bits per heavy atom. The second kappa shape index (κ2) is 8.81. The summed E-state index contributed by atoms with van der Waals surface area (Å²) in [6.07, 6.45) is 6.12. The largest absolute Gasteiger partial charge is 0.494 e. The highest BCUT2D eigenvalue weighted by Crippen LogP contribution is 2.19. The van der Waals surface area contributed by atoms with Gasteiger partial charge in [0.05, 0.1) is 12.6 Å². The Morgan fingerprint density at radius 1 is 1.16 bits per heavy atom. The molecule has 0 aliphatic carbocycles. The summed E-state index contributed by atoms with van der Waals surface area (Å²) in [7, 11) is 0. The minimum absolute atomic E-state index is 0.0169. The first-order valence-corrected chi connectivity index (χ1v) is 9.90. The molecule has 0 N–H and O–H groups in total. The first-order chi connectivity index (χ1) is 12.1. The molecule has 2 heterocycles. The van der Waals surface area contributed by atoms with E-state index >= 15 is 0 Å². The van der Waals surface area contributed by atoms with Crippen molar-refractivity contribution in [2.24, 2.45) is 0 Å². The fourth-order valence-electron chi connectivity index (χ4n) is 4.03. The Balaban J connectivity index is 1.42. The van der Waals surface area contributed by atoms with Crippen LogP contribution in [0.4, 0.5) is 0 Å². The van der Waals surface area contributed by atoms with Crippen LogP contribution in [0.25, 0.3) is 0 Å². The highest BCUT2D eigenvalue weighted by molar-refractivity contribution is 5.99. The molecule has 0 aromatic heterocycles. The van der Waals surface area contributed by atoms with Crippen LogP contribution in [0, 0.1) is 0 Å². The molecule has 138 valence electrons. The summed E-state index contributed by atoms with van der Waals surface area (Å²) in [5.41, 5.74) is 0.789. The molecule has 4 nitrogen and oxygen atoms in total. The van der Waals surface area contributed by atoms with Gasteiger partial charge in [0.2, 0.25) is 0 Å². The number of ether oxygens (including phenoxy) is 1. The Kier molecular flexibility index (Phi) is 6.49. The van der Waals surface area contributed by atoms with Crippen LogP contribution in [0.1, 0.15) is 56.3 Å². The molecule has 0 bridgehead atoms. The van der Waals surface area contributed by atoms with E-state index in [4.69, 9.17) is 4.74 Å². The molecule has 3 rings (SSSR count). The first kappa shape index (κ1) is 18.4. The van der Waals surface area contributed by atoms with E-state index < -0.39 is 0 Å². The molecule has 25 heavy (non-hydrogen) atoms. The van der Waals surface area contributed by atoms with Gasteiger partial charge in [0.25, 0.3) is 0 Å². The summed E-state index contributed by atoms with van der Waals surface area (Å²) in [6.45, 7) is 9.51. The number of nitrogens with zero attached hydrogens (tertiary/aromatic N) is 2. The number of hydrogen-bond donors (Lipinski definition) is 0. The number of hydrogen-bond acceptors (Lipinski definition) is 4. The highest BCUT2D eigenvalue weighted by Gasteiger charge is 2.24. The van der Waals surface area contributed by atoms with Crippen molar-refractivity contribution in [2.45, 2.75) is 58.0 Å². The number of rotatable bonds is 8. The lowest BCUT2D eigenvalue weighted by Gasteiger charge is -2.22. The van der Waals surface area contributed by atoms with Crippen LogP contribution in [0.5, 0.6) is 5.75 Å². The molecule has 2 atom stereocenters. The zero-order valence-electron chi connectivity index (χ0n) is 15.7. The summed E-state index contributed by atoms with van der Waals surface area (Å²) in [4.78, 5) is 17.4. The summed E-state index contributed by atoms with van der Waals surface area (Å²) in [5.74, 6) is 1.08. The van der Waals surface area contributed by atoms with Gasteiger partial charge in [-0.3, -0.25) is 9.69 Å². The molecule has 0 saturated carbocycles. The predicted octanol–water partition coefficient (Wildman–Crippen LogP) is 3.61. The SMILES string of the molecule is CC1CCCN1CCCOc1ccc(C(=O)C(C)N2CCCC2)cc1. The third-order valence-corrected chi connectivity index (χ3v) is 5.76. The minimum Gasteiger partial charge on any atom is -0.494 e. The molecule has 2 unspecified atom stereocenters. The number of likely N-dealkylation sites (tertiary alicyclic amines) is 2. The van der Waals surface area contributed by atoms with E-state index in [-0.39, 0.29) is 11.8 Å². The molecule has 4 heteroatoms. The zero-order chi connectivity index (χ0) is 17.6. The maximum Gasteiger partial charge on any atom is 0.179 e. The first-order valence-electron chi connectivity index (χ1n) is 9.90. The summed E-state index contributed by atoms with van der Waals surface area (Å²) >= 11 is 0. The number of benzene rings is 1. The molecule has 0 spiro atoms. The third kappa shape index (κ3) is 4.83. The van der Waals surface area contributed by atoms with Gasteiger partial charge < -0.3 is 9.64 Å². The average Bonchev–Trinajstić information content (AvgIpc) is 3.30. The monoisotopic (exact) mass is 344 g/mol. The van der Waals surface area contributed by atoms with Crippen molar-refractivity contribution >= 4 is 5.78 Å². The summed E-state index contributed by atoms with van der Waals surface area (Å²) in [5, 5.41) is 0. The number of carbonyl (C=O) groups is 1.